The quantitative estimate of drug-likeness (QED) is 0.499. The molecule has 2 bridgehead atoms. The zero-order chi connectivity index (χ0) is 18.5. The van der Waals surface area contributed by atoms with Gasteiger partial charge in [-0.15, -0.1) is 0 Å². The van der Waals surface area contributed by atoms with E-state index < -0.39 is 36.6 Å². The van der Waals surface area contributed by atoms with Crippen LogP contribution in [-0.2, 0) is 14.2 Å². The summed E-state index contributed by atoms with van der Waals surface area (Å²) in [6.45, 7) is 1.35. The number of benzene rings is 1. The largest absolute Gasteiger partial charge is 0.497 e. The van der Waals surface area contributed by atoms with Crippen LogP contribution in [0.25, 0.3) is 0 Å². The molecule has 3 rings (SSSR count). The number of hydrogen-bond donors (Lipinski definition) is 4. The van der Waals surface area contributed by atoms with Crippen molar-refractivity contribution in [1.82, 2.24) is 10.6 Å². The molecule has 2 aliphatic rings. The van der Waals surface area contributed by atoms with Crippen LogP contribution in [0.5, 0.6) is 5.75 Å². The number of anilines is 1. The van der Waals surface area contributed by atoms with Crippen LogP contribution in [0.15, 0.2) is 24.3 Å². The molecule has 9 nitrogen and oxygen atoms in total. The summed E-state index contributed by atoms with van der Waals surface area (Å²) < 4.78 is 21.4. The van der Waals surface area contributed by atoms with Crippen molar-refractivity contribution in [1.29, 1.82) is 0 Å². The molecule has 144 valence electrons. The van der Waals surface area contributed by atoms with Crippen molar-refractivity contribution in [2.75, 3.05) is 39.3 Å². The molecule has 0 spiro atoms. The predicted octanol–water partition coefficient (Wildman–Crippen LogP) is -0.0941. The summed E-state index contributed by atoms with van der Waals surface area (Å²) in [5.41, 5.74) is 0.616. The van der Waals surface area contributed by atoms with Crippen molar-refractivity contribution >= 4 is 11.7 Å². The van der Waals surface area contributed by atoms with Crippen LogP contribution in [0.2, 0.25) is 0 Å². The van der Waals surface area contributed by atoms with E-state index in [2.05, 4.69) is 16.0 Å². The lowest BCUT2D eigenvalue weighted by Gasteiger charge is -2.39. The Hall–Kier alpha value is -1.91. The Kier molecular flexibility index (Phi) is 6.28. The monoisotopic (exact) mass is 367 g/mol. The highest BCUT2D eigenvalue weighted by Crippen LogP contribution is 2.28. The van der Waals surface area contributed by atoms with Crippen LogP contribution in [0.3, 0.4) is 0 Å². The van der Waals surface area contributed by atoms with Gasteiger partial charge in [0.05, 0.1) is 38.5 Å². The van der Waals surface area contributed by atoms with E-state index in [-0.39, 0.29) is 0 Å². The lowest BCUT2D eigenvalue weighted by Crippen LogP contribution is -2.65. The Balaban J connectivity index is 1.58. The minimum Gasteiger partial charge on any atom is -0.497 e. The van der Waals surface area contributed by atoms with Crippen LogP contribution in [0, 0.1) is 0 Å². The number of aliphatic hydroxyl groups excluding tert-OH is 1. The number of methoxy groups -OCH3 is 2. The van der Waals surface area contributed by atoms with Crippen molar-refractivity contribution in [2.24, 2.45) is 0 Å². The van der Waals surface area contributed by atoms with Gasteiger partial charge in [0.25, 0.3) is 0 Å². The molecule has 0 aromatic heterocycles. The number of urea groups is 1. The fourth-order valence-electron chi connectivity index (χ4n) is 3.14. The van der Waals surface area contributed by atoms with Gasteiger partial charge in [0, 0.05) is 19.3 Å². The third-order valence-corrected chi connectivity index (χ3v) is 4.50. The van der Waals surface area contributed by atoms with Crippen molar-refractivity contribution in [2.45, 2.75) is 30.6 Å². The van der Waals surface area contributed by atoms with Gasteiger partial charge < -0.3 is 40.0 Å². The molecular weight excluding hydrogens is 342 g/mol. The maximum atomic E-state index is 12.3. The molecule has 2 fully saturated rings. The number of carbonyl (C=O) groups excluding carboxylic acids is 1. The second kappa shape index (κ2) is 8.65. The zero-order valence-electron chi connectivity index (χ0n) is 14.8. The summed E-state index contributed by atoms with van der Waals surface area (Å²) in [4.78, 5) is 12.3. The molecule has 2 saturated heterocycles. The van der Waals surface area contributed by atoms with Crippen molar-refractivity contribution in [3.05, 3.63) is 24.3 Å². The topological polar surface area (TPSA) is 110 Å². The number of fused-ring (bicyclic) bond motifs is 2. The number of rotatable bonds is 7. The molecule has 0 saturated carbocycles. The van der Waals surface area contributed by atoms with E-state index >= 15 is 0 Å². The number of nitrogens with one attached hydrogen (secondary N) is 3. The van der Waals surface area contributed by atoms with Gasteiger partial charge in [0.15, 0.2) is 6.29 Å². The average molecular weight is 367 g/mol. The maximum absolute atomic E-state index is 12.3. The number of ether oxygens (including phenoxy) is 4. The predicted molar refractivity (Wildman–Crippen MR) is 93.2 cm³/mol. The second-order valence-electron chi connectivity index (χ2n) is 6.19. The molecule has 0 aliphatic carbocycles. The number of aliphatic hydroxyl groups is 1. The maximum Gasteiger partial charge on any atom is 0.319 e. The molecule has 2 heterocycles. The average Bonchev–Trinajstić information content (AvgIpc) is 3.08. The van der Waals surface area contributed by atoms with Crippen molar-refractivity contribution in [3.63, 3.8) is 0 Å². The highest BCUT2D eigenvalue weighted by molar-refractivity contribution is 5.89. The first-order valence-corrected chi connectivity index (χ1v) is 8.51. The Morgan fingerprint density at radius 1 is 1.27 bits per heavy atom. The summed E-state index contributed by atoms with van der Waals surface area (Å²) in [6.07, 6.45) is -1.77. The van der Waals surface area contributed by atoms with Crippen LogP contribution < -0.4 is 20.7 Å². The number of carbonyl (C=O) groups is 1. The first kappa shape index (κ1) is 18.9. The second-order valence-corrected chi connectivity index (χ2v) is 6.19. The molecule has 0 unspecified atom stereocenters. The standard InChI is InChI=1S/C17H25N3O6/c1-23-8-7-18-14-15(21)13(12-9-25-16(14)26-12)20-17(22)19-10-3-5-11(24-2)6-4-10/h3-6,12-16,18,21H,7-9H2,1-2H3,(H2,19,20,22)/t12-,13-,14-,15+,16-/m1/s1. The highest BCUT2D eigenvalue weighted by Gasteiger charge is 2.50. The Morgan fingerprint density at radius 3 is 2.73 bits per heavy atom. The van der Waals surface area contributed by atoms with Gasteiger partial charge in [-0.05, 0) is 24.3 Å². The molecule has 2 aliphatic heterocycles. The molecular formula is C17H25N3O6. The molecule has 1 aromatic rings. The molecule has 9 heteroatoms. The minimum atomic E-state index is -0.847. The summed E-state index contributed by atoms with van der Waals surface area (Å²) in [7, 11) is 3.18. The van der Waals surface area contributed by atoms with Gasteiger partial charge in [-0.2, -0.15) is 0 Å². The fourth-order valence-corrected chi connectivity index (χ4v) is 3.14. The Bertz CT molecular complexity index is 599. The van der Waals surface area contributed by atoms with Crippen LogP contribution in [-0.4, -0.2) is 75.7 Å². The van der Waals surface area contributed by atoms with Gasteiger partial charge in [-0.1, -0.05) is 0 Å². The molecule has 4 N–H and O–H groups in total. The number of hydrogen-bond acceptors (Lipinski definition) is 7. The smallest absolute Gasteiger partial charge is 0.319 e. The fraction of sp³-hybridized carbons (Fsp3) is 0.588. The van der Waals surface area contributed by atoms with Gasteiger partial charge in [-0.3, -0.25) is 0 Å². The lowest BCUT2D eigenvalue weighted by atomic mass is 9.96. The van der Waals surface area contributed by atoms with Crippen LogP contribution in [0.4, 0.5) is 10.5 Å². The zero-order valence-corrected chi connectivity index (χ0v) is 14.8. The molecule has 2 amide bonds. The summed E-state index contributed by atoms with van der Waals surface area (Å²) in [5, 5.41) is 19.3. The third kappa shape index (κ3) is 4.25. The first-order chi connectivity index (χ1) is 12.6. The van der Waals surface area contributed by atoms with E-state index in [9.17, 15) is 9.90 Å². The van der Waals surface area contributed by atoms with Crippen LogP contribution >= 0.6 is 0 Å². The first-order valence-electron chi connectivity index (χ1n) is 8.51. The van der Waals surface area contributed by atoms with Crippen molar-refractivity contribution in [3.8, 4) is 5.75 Å². The van der Waals surface area contributed by atoms with E-state index in [1.807, 2.05) is 0 Å². The lowest BCUT2D eigenvalue weighted by molar-refractivity contribution is -0.151. The summed E-state index contributed by atoms with van der Waals surface area (Å²) in [6, 6.07) is 5.50. The van der Waals surface area contributed by atoms with Gasteiger partial charge in [0.1, 0.15) is 11.9 Å². The van der Waals surface area contributed by atoms with Crippen molar-refractivity contribution < 1.29 is 28.8 Å². The minimum absolute atomic E-state index is 0.317. The summed E-state index contributed by atoms with van der Waals surface area (Å²) in [5.74, 6) is 0.700. The van der Waals surface area contributed by atoms with E-state index in [4.69, 9.17) is 18.9 Å². The molecule has 1 aromatic carbocycles. The molecule has 5 atom stereocenters. The SMILES string of the molecule is COCCN[C@H]1[C@@H]2OC[C@@H](O2)[C@@H](NC(=O)Nc2ccc(OC)cc2)[C@@H]1O. The van der Waals surface area contributed by atoms with Gasteiger partial charge >= 0.3 is 6.03 Å². The van der Waals surface area contributed by atoms with E-state index in [0.717, 1.165) is 0 Å². The van der Waals surface area contributed by atoms with E-state index in [1.165, 1.54) is 0 Å². The van der Waals surface area contributed by atoms with Gasteiger partial charge in [0.2, 0.25) is 0 Å². The van der Waals surface area contributed by atoms with E-state index in [1.54, 1.807) is 38.5 Å². The third-order valence-electron chi connectivity index (χ3n) is 4.50. The Labute approximate surface area is 151 Å². The normalized spacial score (nSPS) is 30.0. The Morgan fingerprint density at radius 2 is 2.04 bits per heavy atom. The summed E-state index contributed by atoms with van der Waals surface area (Å²) >= 11 is 0. The van der Waals surface area contributed by atoms with Gasteiger partial charge in [-0.25, -0.2) is 4.79 Å². The van der Waals surface area contributed by atoms with Crippen LogP contribution in [0.1, 0.15) is 0 Å². The molecule has 0 radical (unpaired) electrons. The van der Waals surface area contributed by atoms with E-state index in [0.29, 0.717) is 31.2 Å². The molecule has 26 heavy (non-hydrogen) atoms. The highest BCUT2D eigenvalue weighted by atomic mass is 16.7. The number of amides is 2.